The Labute approximate surface area is 91.4 Å². The summed E-state index contributed by atoms with van der Waals surface area (Å²) >= 11 is 3.92. The van der Waals surface area contributed by atoms with E-state index in [-0.39, 0.29) is 8.85 Å². The normalized spacial score (nSPS) is 35.6. The Morgan fingerprint density at radius 2 is 2.18 bits per heavy atom. The number of halogens is 2. The minimum atomic E-state index is -0.951. The van der Waals surface area contributed by atoms with Gasteiger partial charge >= 0.3 is 3.55 Å². The van der Waals surface area contributed by atoms with Gasteiger partial charge in [0, 0.05) is 33.6 Å². The van der Waals surface area contributed by atoms with Crippen molar-refractivity contribution >= 4 is 45.2 Å². The molecule has 0 spiro atoms. The molecular weight excluding hydrogens is 372 g/mol. The summed E-state index contributed by atoms with van der Waals surface area (Å²) in [5.74, 6) is 0. The standard InChI is InChI=1S/C6H5I2NO2/c7-5-3-1-2-4-6(5,8)9(10)11/h1-5H. The highest BCUT2D eigenvalue weighted by Crippen LogP contribution is 2.34. The summed E-state index contributed by atoms with van der Waals surface area (Å²) in [6.07, 6.45) is 6.99. The highest BCUT2D eigenvalue weighted by molar-refractivity contribution is 14.1. The number of nitro groups is 1. The fourth-order valence-corrected chi connectivity index (χ4v) is 1.83. The highest BCUT2D eigenvalue weighted by Gasteiger charge is 2.43. The molecule has 2 unspecified atom stereocenters. The lowest BCUT2D eigenvalue weighted by Gasteiger charge is -2.20. The Hall–Kier alpha value is 0.340. The molecule has 0 aromatic heterocycles. The lowest BCUT2D eigenvalue weighted by molar-refractivity contribution is -0.514. The van der Waals surface area contributed by atoms with E-state index in [4.69, 9.17) is 0 Å². The van der Waals surface area contributed by atoms with Gasteiger partial charge in [-0.05, 0) is 0 Å². The Balaban J connectivity index is 2.94. The van der Waals surface area contributed by atoms with Gasteiger partial charge in [-0.2, -0.15) is 0 Å². The van der Waals surface area contributed by atoms with Crippen molar-refractivity contribution in [2.75, 3.05) is 0 Å². The van der Waals surface area contributed by atoms with Crippen LogP contribution in [0.25, 0.3) is 0 Å². The van der Waals surface area contributed by atoms with Gasteiger partial charge in [0.2, 0.25) is 0 Å². The summed E-state index contributed by atoms with van der Waals surface area (Å²) in [6.45, 7) is 0. The number of allylic oxidation sites excluding steroid dienone is 2. The second-order valence-corrected chi connectivity index (χ2v) is 5.20. The Kier molecular flexibility index (Phi) is 2.90. The van der Waals surface area contributed by atoms with Crippen LogP contribution in [0.15, 0.2) is 24.3 Å². The maximum Gasteiger partial charge on any atom is 0.302 e. The largest absolute Gasteiger partial charge is 0.302 e. The van der Waals surface area contributed by atoms with E-state index in [9.17, 15) is 10.1 Å². The van der Waals surface area contributed by atoms with Gasteiger partial charge in [-0.1, -0.05) is 40.8 Å². The first kappa shape index (κ1) is 9.43. The van der Waals surface area contributed by atoms with Gasteiger partial charge in [0.25, 0.3) is 0 Å². The van der Waals surface area contributed by atoms with E-state index >= 15 is 0 Å². The molecule has 0 amide bonds. The third-order valence-electron chi connectivity index (χ3n) is 1.39. The van der Waals surface area contributed by atoms with E-state index < -0.39 is 3.55 Å². The highest BCUT2D eigenvalue weighted by atomic mass is 127. The first-order valence-electron chi connectivity index (χ1n) is 2.91. The SMILES string of the molecule is O=[N+]([O-])C1(I)C=CC=CC1I. The van der Waals surface area contributed by atoms with E-state index in [1.807, 2.05) is 34.7 Å². The second kappa shape index (κ2) is 3.38. The monoisotopic (exact) mass is 377 g/mol. The number of nitrogens with zero attached hydrogens (tertiary/aromatic N) is 1. The number of rotatable bonds is 1. The van der Waals surface area contributed by atoms with Gasteiger partial charge in [-0.15, -0.1) is 0 Å². The van der Waals surface area contributed by atoms with Crippen LogP contribution in [0.3, 0.4) is 0 Å². The molecule has 0 heterocycles. The van der Waals surface area contributed by atoms with Crippen LogP contribution in [-0.4, -0.2) is 12.4 Å². The summed E-state index contributed by atoms with van der Waals surface area (Å²) in [6, 6.07) is 0. The quantitative estimate of drug-likeness (QED) is 0.232. The molecule has 60 valence electrons. The maximum atomic E-state index is 10.6. The van der Waals surface area contributed by atoms with Gasteiger partial charge in [0.15, 0.2) is 0 Å². The van der Waals surface area contributed by atoms with Crippen molar-refractivity contribution in [2.45, 2.75) is 7.47 Å². The van der Waals surface area contributed by atoms with Crippen LogP contribution in [0.2, 0.25) is 0 Å². The van der Waals surface area contributed by atoms with E-state index in [0.717, 1.165) is 0 Å². The van der Waals surface area contributed by atoms with Crippen molar-refractivity contribution < 1.29 is 4.92 Å². The molecule has 1 aliphatic rings. The number of hydrogen-bond acceptors (Lipinski definition) is 2. The summed E-state index contributed by atoms with van der Waals surface area (Å²) in [4.78, 5) is 10.3. The second-order valence-electron chi connectivity index (χ2n) is 2.13. The van der Waals surface area contributed by atoms with Crippen molar-refractivity contribution in [1.82, 2.24) is 0 Å². The molecular formula is C6H5I2NO2. The maximum absolute atomic E-state index is 10.6. The summed E-state index contributed by atoms with van der Waals surface area (Å²) in [7, 11) is 0. The van der Waals surface area contributed by atoms with Crippen LogP contribution in [0, 0.1) is 10.1 Å². The van der Waals surface area contributed by atoms with Gasteiger partial charge in [-0.3, -0.25) is 10.1 Å². The van der Waals surface area contributed by atoms with Crippen molar-refractivity contribution in [1.29, 1.82) is 0 Å². The molecule has 0 N–H and O–H groups in total. The molecule has 3 nitrogen and oxygen atoms in total. The predicted molar refractivity (Wildman–Crippen MR) is 59.8 cm³/mol. The van der Waals surface area contributed by atoms with Crippen LogP contribution >= 0.6 is 45.2 Å². The zero-order valence-electron chi connectivity index (χ0n) is 5.41. The number of hydrogen-bond donors (Lipinski definition) is 0. The van der Waals surface area contributed by atoms with Crippen LogP contribution in [0.5, 0.6) is 0 Å². The zero-order chi connectivity index (χ0) is 8.48. The molecule has 0 radical (unpaired) electrons. The van der Waals surface area contributed by atoms with Crippen LogP contribution in [-0.2, 0) is 0 Å². The fourth-order valence-electron chi connectivity index (χ4n) is 0.741. The molecule has 1 rings (SSSR count). The third kappa shape index (κ3) is 1.74. The van der Waals surface area contributed by atoms with E-state index in [1.165, 1.54) is 0 Å². The summed E-state index contributed by atoms with van der Waals surface area (Å²) in [5, 5.41) is 10.6. The van der Waals surface area contributed by atoms with E-state index in [2.05, 4.69) is 22.6 Å². The van der Waals surface area contributed by atoms with Crippen molar-refractivity contribution in [3.05, 3.63) is 34.4 Å². The predicted octanol–water partition coefficient (Wildman–Crippen LogP) is 2.32. The summed E-state index contributed by atoms with van der Waals surface area (Å²) in [5.41, 5.74) is 0. The van der Waals surface area contributed by atoms with Crippen molar-refractivity contribution in [3.8, 4) is 0 Å². The smallest absolute Gasteiger partial charge is 0.263 e. The van der Waals surface area contributed by atoms with Gasteiger partial charge in [-0.25, -0.2) is 0 Å². The summed E-state index contributed by atoms with van der Waals surface area (Å²) < 4.78 is -1.02. The van der Waals surface area contributed by atoms with E-state index in [1.54, 1.807) is 12.2 Å². The van der Waals surface area contributed by atoms with E-state index in [0.29, 0.717) is 0 Å². The molecule has 0 saturated heterocycles. The van der Waals surface area contributed by atoms with Crippen molar-refractivity contribution in [2.24, 2.45) is 0 Å². The van der Waals surface area contributed by atoms with Gasteiger partial charge in [0.05, 0.1) is 0 Å². The van der Waals surface area contributed by atoms with Gasteiger partial charge < -0.3 is 0 Å². The fraction of sp³-hybridized carbons (Fsp3) is 0.333. The molecule has 0 saturated carbocycles. The molecule has 0 aromatic rings. The molecule has 0 aromatic carbocycles. The topological polar surface area (TPSA) is 43.1 Å². The first-order valence-corrected chi connectivity index (χ1v) is 5.23. The molecule has 5 heteroatoms. The minimum absolute atomic E-state index is 0.0688. The van der Waals surface area contributed by atoms with Crippen LogP contribution in [0.4, 0.5) is 0 Å². The Bertz CT molecular complexity index is 239. The number of alkyl halides is 2. The average molecular weight is 377 g/mol. The molecule has 2 atom stereocenters. The molecule has 0 fully saturated rings. The zero-order valence-corrected chi connectivity index (χ0v) is 9.72. The third-order valence-corrected chi connectivity index (χ3v) is 5.37. The van der Waals surface area contributed by atoms with Crippen LogP contribution < -0.4 is 0 Å². The first-order chi connectivity index (χ1) is 5.07. The lowest BCUT2D eigenvalue weighted by atomic mass is 10.1. The molecule has 1 aliphatic carbocycles. The Morgan fingerprint density at radius 1 is 1.55 bits per heavy atom. The molecule has 11 heavy (non-hydrogen) atoms. The molecule has 0 aliphatic heterocycles. The van der Waals surface area contributed by atoms with Crippen LogP contribution in [0.1, 0.15) is 0 Å². The average Bonchev–Trinajstić information content (AvgIpc) is 1.95. The Morgan fingerprint density at radius 3 is 2.55 bits per heavy atom. The van der Waals surface area contributed by atoms with Gasteiger partial charge in [0.1, 0.15) is 3.92 Å². The minimum Gasteiger partial charge on any atom is -0.263 e. The molecule has 0 bridgehead atoms. The van der Waals surface area contributed by atoms with Crippen molar-refractivity contribution in [3.63, 3.8) is 0 Å². The lowest BCUT2D eigenvalue weighted by Crippen LogP contribution is -2.38.